The molecule has 0 aliphatic carbocycles. The maximum atomic E-state index is 5.40. The predicted octanol–water partition coefficient (Wildman–Crippen LogP) is 8.15. The van der Waals surface area contributed by atoms with Crippen LogP contribution >= 0.6 is 0 Å². The molecule has 0 aliphatic heterocycles. The van der Waals surface area contributed by atoms with Gasteiger partial charge in [-0.15, -0.1) is 0 Å². The summed E-state index contributed by atoms with van der Waals surface area (Å²) in [6.07, 6.45) is 0.459. The number of hydrogen-bond donors (Lipinski definition) is 0. The Kier molecular flexibility index (Phi) is 7.96. The predicted molar refractivity (Wildman–Crippen MR) is 193 cm³/mol. The van der Waals surface area contributed by atoms with Gasteiger partial charge in [-0.1, -0.05) is 118 Å². The zero-order valence-corrected chi connectivity index (χ0v) is 27.6. The van der Waals surface area contributed by atoms with Crippen LogP contribution in [0.25, 0.3) is 45.5 Å². The molecular weight excluding hydrogens is 601 g/mol. The summed E-state index contributed by atoms with van der Waals surface area (Å²) in [5.74, 6) is 3.67. The van der Waals surface area contributed by atoms with Crippen molar-refractivity contribution in [3.05, 3.63) is 193 Å². The first-order valence-electron chi connectivity index (χ1n) is 16.6. The van der Waals surface area contributed by atoms with Crippen LogP contribution in [0, 0.1) is 13.8 Å². The first-order chi connectivity index (χ1) is 24.1. The summed E-state index contributed by atoms with van der Waals surface area (Å²) in [6.45, 7) is 4.24. The zero-order chi connectivity index (χ0) is 33.2. The number of aryl methyl sites for hydroxylation is 2. The lowest BCUT2D eigenvalue weighted by Crippen LogP contribution is -2.40. The average molecular weight is 637 g/mol. The minimum absolute atomic E-state index is 0.459. The van der Waals surface area contributed by atoms with Crippen LogP contribution in [0.15, 0.2) is 170 Å². The first kappa shape index (κ1) is 30.0. The quantitative estimate of drug-likeness (QED) is 0.158. The lowest BCUT2D eigenvalue weighted by atomic mass is 10.1. The van der Waals surface area contributed by atoms with E-state index in [-0.39, 0.29) is 0 Å². The molecule has 0 fully saturated rings. The van der Waals surface area contributed by atoms with Crippen LogP contribution < -0.4 is 9.13 Å². The van der Waals surface area contributed by atoms with E-state index >= 15 is 0 Å². The summed E-state index contributed by atoms with van der Waals surface area (Å²) in [5, 5.41) is 10.8. The standard InChI is InChI=1S/C43H36N6/c1-32-23-27-36(28-24-32)46-40(44-48(38-19-11-5-12-20-38)42(46)34-15-7-3-8-16-34)31-41-45-49(39-21-13-6-14-22-39)43(35-17-9-4-10-18-35)47(41)37-29-25-33(2)26-30-37/h3-30H,31H2,1-2H3/q+2. The van der Waals surface area contributed by atoms with Crippen LogP contribution in [0.5, 0.6) is 0 Å². The van der Waals surface area contributed by atoms with Crippen molar-refractivity contribution in [2.75, 3.05) is 0 Å². The summed E-state index contributed by atoms with van der Waals surface area (Å²) >= 11 is 0. The van der Waals surface area contributed by atoms with Crippen molar-refractivity contribution < 1.29 is 9.13 Å². The van der Waals surface area contributed by atoms with Crippen LogP contribution in [0.1, 0.15) is 22.8 Å². The molecule has 8 aromatic rings. The van der Waals surface area contributed by atoms with E-state index in [1.165, 1.54) is 11.1 Å². The van der Waals surface area contributed by atoms with E-state index in [9.17, 15) is 0 Å². The monoisotopic (exact) mass is 636 g/mol. The summed E-state index contributed by atoms with van der Waals surface area (Å²) < 4.78 is 8.69. The Balaban J connectivity index is 1.43. The summed E-state index contributed by atoms with van der Waals surface area (Å²) in [6, 6.07) is 59.1. The van der Waals surface area contributed by atoms with E-state index in [0.717, 1.165) is 57.2 Å². The zero-order valence-electron chi connectivity index (χ0n) is 27.6. The second kappa shape index (κ2) is 13.0. The van der Waals surface area contributed by atoms with Gasteiger partial charge in [0.25, 0.3) is 23.3 Å². The van der Waals surface area contributed by atoms with Gasteiger partial charge in [0, 0.05) is 10.2 Å². The van der Waals surface area contributed by atoms with E-state index in [4.69, 9.17) is 10.2 Å². The number of para-hydroxylation sites is 2. The molecule has 6 heteroatoms. The maximum Gasteiger partial charge on any atom is 0.294 e. The molecule has 0 amide bonds. The second-order valence-electron chi connectivity index (χ2n) is 12.2. The highest BCUT2D eigenvalue weighted by Crippen LogP contribution is 2.26. The van der Waals surface area contributed by atoms with Gasteiger partial charge in [0.1, 0.15) is 29.2 Å². The number of rotatable bonds is 8. The second-order valence-corrected chi connectivity index (χ2v) is 12.2. The Morgan fingerprint density at radius 1 is 0.408 bits per heavy atom. The van der Waals surface area contributed by atoms with Crippen molar-refractivity contribution in [3.63, 3.8) is 0 Å². The Labute approximate surface area is 286 Å². The highest BCUT2D eigenvalue weighted by molar-refractivity contribution is 5.57. The van der Waals surface area contributed by atoms with Gasteiger partial charge in [-0.05, 0) is 86.6 Å². The molecule has 2 heterocycles. The number of aromatic nitrogens is 6. The maximum absolute atomic E-state index is 5.40. The third-order valence-electron chi connectivity index (χ3n) is 8.74. The summed E-state index contributed by atoms with van der Waals surface area (Å²) in [4.78, 5) is 0. The number of hydrogen-bond acceptors (Lipinski definition) is 2. The van der Waals surface area contributed by atoms with Crippen LogP contribution in [0.2, 0.25) is 0 Å². The molecule has 0 saturated heterocycles. The van der Waals surface area contributed by atoms with Gasteiger partial charge in [-0.25, -0.2) is 0 Å². The highest BCUT2D eigenvalue weighted by atomic mass is 15.4. The minimum atomic E-state index is 0.459. The third-order valence-corrected chi connectivity index (χ3v) is 8.74. The lowest BCUT2D eigenvalue weighted by molar-refractivity contribution is -0.606. The fourth-order valence-electron chi connectivity index (χ4n) is 6.33. The van der Waals surface area contributed by atoms with Crippen molar-refractivity contribution in [1.29, 1.82) is 0 Å². The molecule has 8 rings (SSSR count). The van der Waals surface area contributed by atoms with E-state index in [1.807, 2.05) is 12.1 Å². The van der Waals surface area contributed by atoms with Gasteiger partial charge in [0.2, 0.25) is 0 Å². The molecule has 0 atom stereocenters. The molecule has 0 unspecified atom stereocenters. The van der Waals surface area contributed by atoms with Crippen molar-refractivity contribution in [2.24, 2.45) is 0 Å². The fraction of sp³-hybridized carbons (Fsp3) is 0.0698. The van der Waals surface area contributed by atoms with E-state index in [2.05, 4.69) is 190 Å². The molecule has 0 bridgehead atoms. The van der Waals surface area contributed by atoms with Crippen LogP contribution in [-0.4, -0.2) is 19.6 Å². The number of nitrogens with zero attached hydrogens (tertiary/aromatic N) is 6. The third kappa shape index (κ3) is 5.85. The van der Waals surface area contributed by atoms with E-state index in [1.54, 1.807) is 0 Å². The largest absolute Gasteiger partial charge is 0.294 e. The van der Waals surface area contributed by atoms with Crippen LogP contribution in [0.4, 0.5) is 0 Å². The van der Waals surface area contributed by atoms with Crippen molar-refractivity contribution in [2.45, 2.75) is 20.3 Å². The molecule has 6 aromatic carbocycles. The summed E-state index contributed by atoms with van der Waals surface area (Å²) in [5.41, 5.74) is 8.58. The molecule has 2 aromatic heterocycles. The molecule has 0 spiro atoms. The lowest BCUT2D eigenvalue weighted by Gasteiger charge is -2.07. The normalized spacial score (nSPS) is 11.1. The Hall–Kier alpha value is -6.40. The van der Waals surface area contributed by atoms with Gasteiger partial charge in [-0.3, -0.25) is 0 Å². The molecule has 236 valence electrons. The fourth-order valence-corrected chi connectivity index (χ4v) is 6.33. The van der Waals surface area contributed by atoms with Crippen LogP contribution in [0.3, 0.4) is 0 Å². The molecule has 0 N–H and O–H groups in total. The Morgan fingerprint density at radius 2 is 0.735 bits per heavy atom. The molecule has 0 saturated carbocycles. The van der Waals surface area contributed by atoms with Gasteiger partial charge in [-0.2, -0.15) is 9.13 Å². The van der Waals surface area contributed by atoms with Gasteiger partial charge < -0.3 is 0 Å². The molecule has 0 radical (unpaired) electrons. The van der Waals surface area contributed by atoms with Gasteiger partial charge in [0.15, 0.2) is 0 Å². The molecule has 0 aliphatic rings. The SMILES string of the molecule is Cc1ccc(-[n+]2c(Cc3nn(-c4ccccc4)c(-c4ccccc4)[n+]3-c3ccc(C)cc3)nn(-c3ccccc3)c2-c2ccccc2)cc1. The smallest absolute Gasteiger partial charge is 0.193 e. The van der Waals surface area contributed by atoms with Gasteiger partial charge >= 0.3 is 0 Å². The molecular formula is C43H36N6+2. The average Bonchev–Trinajstić information content (AvgIpc) is 3.73. The first-order valence-corrected chi connectivity index (χ1v) is 16.6. The molecule has 6 nitrogen and oxygen atoms in total. The van der Waals surface area contributed by atoms with Crippen molar-refractivity contribution >= 4 is 0 Å². The molecule has 49 heavy (non-hydrogen) atoms. The van der Waals surface area contributed by atoms with Crippen molar-refractivity contribution in [1.82, 2.24) is 19.6 Å². The van der Waals surface area contributed by atoms with Gasteiger partial charge in [0.05, 0.1) is 11.1 Å². The summed E-state index contributed by atoms with van der Waals surface area (Å²) in [7, 11) is 0. The highest BCUT2D eigenvalue weighted by Gasteiger charge is 2.36. The van der Waals surface area contributed by atoms with Crippen molar-refractivity contribution in [3.8, 4) is 45.5 Å². The Bertz CT molecular complexity index is 2160. The Morgan fingerprint density at radius 3 is 1.08 bits per heavy atom. The van der Waals surface area contributed by atoms with E-state index < -0.39 is 0 Å². The van der Waals surface area contributed by atoms with E-state index in [0.29, 0.717) is 6.42 Å². The minimum Gasteiger partial charge on any atom is -0.193 e. The number of benzene rings is 6. The van der Waals surface area contributed by atoms with Crippen LogP contribution in [-0.2, 0) is 6.42 Å². The topological polar surface area (TPSA) is 43.4 Å².